The van der Waals surface area contributed by atoms with Crippen molar-refractivity contribution in [1.82, 2.24) is 4.90 Å². The lowest BCUT2D eigenvalue weighted by atomic mass is 9.85. The summed E-state index contributed by atoms with van der Waals surface area (Å²) in [5.41, 5.74) is 7.18. The van der Waals surface area contributed by atoms with E-state index in [9.17, 15) is 0 Å². The zero-order valence-corrected chi connectivity index (χ0v) is 11.0. The molecule has 0 bridgehead atoms. The summed E-state index contributed by atoms with van der Waals surface area (Å²) in [5, 5.41) is 0. The van der Waals surface area contributed by atoms with E-state index >= 15 is 0 Å². The van der Waals surface area contributed by atoms with E-state index < -0.39 is 0 Å². The van der Waals surface area contributed by atoms with Crippen LogP contribution in [0.4, 0.5) is 0 Å². The Morgan fingerprint density at radius 3 is 2.88 bits per heavy atom. The summed E-state index contributed by atoms with van der Waals surface area (Å²) in [7, 11) is 0. The van der Waals surface area contributed by atoms with Crippen LogP contribution < -0.4 is 5.73 Å². The van der Waals surface area contributed by atoms with Crippen LogP contribution in [-0.2, 0) is 13.1 Å². The van der Waals surface area contributed by atoms with E-state index in [4.69, 9.17) is 10.2 Å². The van der Waals surface area contributed by atoms with Crippen molar-refractivity contribution in [2.45, 2.75) is 46.2 Å². The predicted octanol–water partition coefficient (Wildman–Crippen LogP) is 2.75. The van der Waals surface area contributed by atoms with Crippen molar-refractivity contribution in [3.8, 4) is 0 Å². The molecule has 1 aromatic heterocycles. The van der Waals surface area contributed by atoms with Crippen LogP contribution in [0.2, 0.25) is 0 Å². The fraction of sp³-hybridized carbons (Fsp3) is 0.714. The molecule has 0 amide bonds. The molecule has 1 saturated heterocycles. The largest absolute Gasteiger partial charge is 0.468 e. The van der Waals surface area contributed by atoms with Crippen molar-refractivity contribution in [1.29, 1.82) is 0 Å². The van der Waals surface area contributed by atoms with Crippen molar-refractivity contribution in [2.24, 2.45) is 11.1 Å². The van der Waals surface area contributed by atoms with Gasteiger partial charge in [0, 0.05) is 12.1 Å². The molecule has 2 heterocycles. The summed E-state index contributed by atoms with van der Waals surface area (Å²) in [5.74, 6) is 1.05. The van der Waals surface area contributed by atoms with E-state index in [0.717, 1.165) is 17.9 Å². The van der Waals surface area contributed by atoms with Crippen LogP contribution in [-0.4, -0.2) is 18.0 Å². The minimum atomic E-state index is 0.500. The monoisotopic (exact) mass is 236 g/mol. The van der Waals surface area contributed by atoms with Crippen LogP contribution in [0.15, 0.2) is 16.7 Å². The first-order valence-electron chi connectivity index (χ1n) is 6.58. The zero-order chi connectivity index (χ0) is 12.3. The molecule has 2 N–H and O–H groups in total. The quantitative estimate of drug-likeness (QED) is 0.877. The summed E-state index contributed by atoms with van der Waals surface area (Å²) in [6.45, 7) is 8.59. The van der Waals surface area contributed by atoms with Gasteiger partial charge in [0.2, 0.25) is 0 Å². The molecule has 0 spiro atoms. The van der Waals surface area contributed by atoms with Crippen molar-refractivity contribution in [3.05, 3.63) is 23.7 Å². The van der Waals surface area contributed by atoms with Crippen molar-refractivity contribution >= 4 is 0 Å². The van der Waals surface area contributed by atoms with Crippen molar-refractivity contribution in [3.63, 3.8) is 0 Å². The number of hydrogen-bond donors (Lipinski definition) is 1. The maximum absolute atomic E-state index is 5.58. The summed E-state index contributed by atoms with van der Waals surface area (Å²) in [6, 6.07) is 2.08. The Bertz CT molecular complexity index is 357. The van der Waals surface area contributed by atoms with E-state index in [1.165, 1.54) is 32.4 Å². The summed E-state index contributed by atoms with van der Waals surface area (Å²) in [4.78, 5) is 2.49. The molecule has 2 rings (SSSR count). The number of nitrogens with two attached hydrogens (primary N) is 1. The molecule has 1 aliphatic heterocycles. The van der Waals surface area contributed by atoms with Gasteiger partial charge in [-0.15, -0.1) is 0 Å². The van der Waals surface area contributed by atoms with E-state index in [0.29, 0.717) is 12.0 Å². The third kappa shape index (κ3) is 3.58. The fourth-order valence-electron chi connectivity index (χ4n) is 2.47. The molecule has 0 saturated carbocycles. The van der Waals surface area contributed by atoms with Gasteiger partial charge in [-0.05, 0) is 43.8 Å². The SMILES string of the molecule is CC1(C)CCCN(Cc2cc(CN)co2)CC1. The van der Waals surface area contributed by atoms with Crippen molar-refractivity contribution < 1.29 is 4.42 Å². The molecule has 1 fully saturated rings. The third-order valence-corrected chi connectivity index (χ3v) is 3.76. The Kier molecular flexibility index (Phi) is 3.89. The van der Waals surface area contributed by atoms with Crippen LogP contribution in [0, 0.1) is 5.41 Å². The third-order valence-electron chi connectivity index (χ3n) is 3.76. The Balaban J connectivity index is 1.90. The van der Waals surface area contributed by atoms with Crippen LogP contribution in [0.1, 0.15) is 44.4 Å². The zero-order valence-electron chi connectivity index (χ0n) is 11.0. The highest BCUT2D eigenvalue weighted by Crippen LogP contribution is 2.30. The molecule has 1 aromatic rings. The first-order chi connectivity index (χ1) is 8.09. The van der Waals surface area contributed by atoms with Gasteiger partial charge in [-0.1, -0.05) is 13.8 Å². The Labute approximate surface area is 104 Å². The highest BCUT2D eigenvalue weighted by molar-refractivity contribution is 5.12. The lowest BCUT2D eigenvalue weighted by Gasteiger charge is -2.22. The second-order valence-corrected chi connectivity index (χ2v) is 5.92. The van der Waals surface area contributed by atoms with Crippen molar-refractivity contribution in [2.75, 3.05) is 13.1 Å². The number of furan rings is 1. The molecule has 3 nitrogen and oxygen atoms in total. The topological polar surface area (TPSA) is 42.4 Å². The van der Waals surface area contributed by atoms with Crippen LogP contribution in [0.3, 0.4) is 0 Å². The van der Waals surface area contributed by atoms with Gasteiger partial charge in [-0.2, -0.15) is 0 Å². The summed E-state index contributed by atoms with van der Waals surface area (Å²) >= 11 is 0. The van der Waals surface area contributed by atoms with Crippen LogP contribution in [0.25, 0.3) is 0 Å². The van der Waals surface area contributed by atoms with E-state index in [-0.39, 0.29) is 0 Å². The number of hydrogen-bond acceptors (Lipinski definition) is 3. The summed E-state index contributed by atoms with van der Waals surface area (Å²) < 4.78 is 5.53. The Morgan fingerprint density at radius 1 is 1.35 bits per heavy atom. The smallest absolute Gasteiger partial charge is 0.118 e. The minimum Gasteiger partial charge on any atom is -0.468 e. The van der Waals surface area contributed by atoms with Crippen LogP contribution >= 0.6 is 0 Å². The summed E-state index contributed by atoms with van der Waals surface area (Å²) in [6.07, 6.45) is 5.67. The lowest BCUT2D eigenvalue weighted by Crippen LogP contribution is -2.24. The maximum Gasteiger partial charge on any atom is 0.118 e. The van der Waals surface area contributed by atoms with E-state index in [1.807, 2.05) is 0 Å². The average molecular weight is 236 g/mol. The molecule has 0 unspecified atom stereocenters. The van der Waals surface area contributed by atoms with Gasteiger partial charge in [0.25, 0.3) is 0 Å². The van der Waals surface area contributed by atoms with Crippen LogP contribution in [0.5, 0.6) is 0 Å². The van der Waals surface area contributed by atoms with E-state index in [2.05, 4.69) is 24.8 Å². The molecule has 96 valence electrons. The first kappa shape index (κ1) is 12.7. The molecule has 0 radical (unpaired) electrons. The molecular weight excluding hydrogens is 212 g/mol. The van der Waals surface area contributed by atoms with Gasteiger partial charge in [-0.3, -0.25) is 4.90 Å². The van der Waals surface area contributed by atoms with Gasteiger partial charge in [0.05, 0.1) is 12.8 Å². The highest BCUT2D eigenvalue weighted by Gasteiger charge is 2.23. The highest BCUT2D eigenvalue weighted by atomic mass is 16.3. The van der Waals surface area contributed by atoms with E-state index in [1.54, 1.807) is 6.26 Å². The van der Waals surface area contributed by atoms with Gasteiger partial charge < -0.3 is 10.2 Å². The molecule has 0 aliphatic carbocycles. The molecule has 1 aliphatic rings. The van der Waals surface area contributed by atoms with Gasteiger partial charge >= 0.3 is 0 Å². The minimum absolute atomic E-state index is 0.500. The maximum atomic E-state index is 5.58. The molecule has 3 heteroatoms. The first-order valence-corrected chi connectivity index (χ1v) is 6.58. The molecule has 0 atom stereocenters. The molecule has 17 heavy (non-hydrogen) atoms. The number of likely N-dealkylation sites (tertiary alicyclic amines) is 1. The average Bonchev–Trinajstić information content (AvgIpc) is 2.66. The fourth-order valence-corrected chi connectivity index (χ4v) is 2.47. The Morgan fingerprint density at radius 2 is 2.18 bits per heavy atom. The second kappa shape index (κ2) is 5.23. The van der Waals surface area contributed by atoms with Gasteiger partial charge in [-0.25, -0.2) is 0 Å². The van der Waals surface area contributed by atoms with Gasteiger partial charge in [0.1, 0.15) is 5.76 Å². The normalized spacial score (nSPS) is 21.4. The molecule has 0 aromatic carbocycles. The number of nitrogens with zero attached hydrogens (tertiary/aromatic N) is 1. The lowest BCUT2D eigenvalue weighted by molar-refractivity contribution is 0.238. The standard InChI is InChI=1S/C14H24N2O/c1-14(2)4-3-6-16(7-5-14)10-13-8-12(9-15)11-17-13/h8,11H,3-7,9-10,15H2,1-2H3. The van der Waals surface area contributed by atoms with Gasteiger partial charge in [0.15, 0.2) is 0 Å². The number of rotatable bonds is 3. The Hall–Kier alpha value is -0.800. The molecular formula is C14H24N2O. The predicted molar refractivity (Wildman–Crippen MR) is 69.5 cm³/mol. The second-order valence-electron chi connectivity index (χ2n) is 5.92.